The molecule has 1 aliphatic rings. The molecule has 16 heavy (non-hydrogen) atoms. The number of carbonyl (C=O) groups is 2. The van der Waals surface area contributed by atoms with Gasteiger partial charge in [-0.2, -0.15) is 0 Å². The molecule has 3 nitrogen and oxygen atoms in total. The van der Waals surface area contributed by atoms with Crippen molar-refractivity contribution in [3.05, 3.63) is 29.8 Å². The summed E-state index contributed by atoms with van der Waals surface area (Å²) in [5.74, 6) is -0.335. The van der Waals surface area contributed by atoms with Gasteiger partial charge in [0.1, 0.15) is 24.1 Å². The van der Waals surface area contributed by atoms with Crippen LogP contribution >= 0.6 is 0 Å². The zero-order valence-electron chi connectivity index (χ0n) is 9.40. The molecule has 1 aromatic rings. The van der Waals surface area contributed by atoms with E-state index in [4.69, 9.17) is 4.74 Å². The molecule has 0 radical (unpaired) electrons. The third-order valence-corrected chi connectivity index (χ3v) is 2.79. The van der Waals surface area contributed by atoms with Gasteiger partial charge in [0.2, 0.25) is 0 Å². The van der Waals surface area contributed by atoms with Crippen molar-refractivity contribution < 1.29 is 14.3 Å². The van der Waals surface area contributed by atoms with Gasteiger partial charge < -0.3 is 4.74 Å². The van der Waals surface area contributed by atoms with Gasteiger partial charge in [0, 0.05) is 5.92 Å². The number of rotatable bonds is 2. The molecule has 1 unspecified atom stereocenters. The zero-order chi connectivity index (χ0) is 11.7. The SMILES string of the molecule is CC(C)C(=O)C1COc2ccccc2C1=O. The number of para-hydroxylation sites is 1. The van der Waals surface area contributed by atoms with Gasteiger partial charge in [0.15, 0.2) is 5.78 Å². The largest absolute Gasteiger partial charge is 0.492 e. The summed E-state index contributed by atoms with van der Waals surface area (Å²) in [6.07, 6.45) is 0. The monoisotopic (exact) mass is 218 g/mol. The lowest BCUT2D eigenvalue weighted by atomic mass is 9.87. The Bertz CT molecular complexity index is 435. The van der Waals surface area contributed by atoms with E-state index in [0.29, 0.717) is 11.3 Å². The Balaban J connectivity index is 2.31. The van der Waals surface area contributed by atoms with Crippen molar-refractivity contribution >= 4 is 11.6 Å². The number of carbonyl (C=O) groups excluding carboxylic acids is 2. The van der Waals surface area contributed by atoms with Crippen molar-refractivity contribution in [2.45, 2.75) is 13.8 Å². The minimum Gasteiger partial charge on any atom is -0.492 e. The topological polar surface area (TPSA) is 43.4 Å². The average Bonchev–Trinajstić information content (AvgIpc) is 2.29. The molecule has 2 rings (SSSR count). The van der Waals surface area contributed by atoms with Gasteiger partial charge in [-0.15, -0.1) is 0 Å². The summed E-state index contributed by atoms with van der Waals surface area (Å²) in [6, 6.07) is 7.06. The molecule has 0 saturated heterocycles. The van der Waals surface area contributed by atoms with Crippen LogP contribution in [0.25, 0.3) is 0 Å². The van der Waals surface area contributed by atoms with Crippen LogP contribution in [0.2, 0.25) is 0 Å². The molecule has 0 aromatic heterocycles. The molecule has 3 heteroatoms. The average molecular weight is 218 g/mol. The molecule has 1 atom stereocenters. The third kappa shape index (κ3) is 1.73. The number of fused-ring (bicyclic) bond motifs is 1. The van der Waals surface area contributed by atoms with Crippen LogP contribution in [-0.4, -0.2) is 18.2 Å². The lowest BCUT2D eigenvalue weighted by molar-refractivity contribution is -0.125. The maximum atomic E-state index is 12.1. The quantitative estimate of drug-likeness (QED) is 0.714. The predicted octanol–water partition coefficient (Wildman–Crippen LogP) is 2.10. The second kappa shape index (κ2) is 4.08. The second-order valence-corrected chi connectivity index (χ2v) is 4.28. The molecule has 84 valence electrons. The first-order valence-corrected chi connectivity index (χ1v) is 5.41. The van der Waals surface area contributed by atoms with Gasteiger partial charge in [0.05, 0.1) is 5.56 Å². The minimum atomic E-state index is -0.630. The second-order valence-electron chi connectivity index (χ2n) is 4.28. The van der Waals surface area contributed by atoms with Gasteiger partial charge >= 0.3 is 0 Å². The molecule has 1 aromatic carbocycles. The number of Topliss-reactive ketones (excluding diaryl/α,β-unsaturated/α-hetero) is 2. The maximum absolute atomic E-state index is 12.1. The van der Waals surface area contributed by atoms with E-state index in [2.05, 4.69) is 0 Å². The van der Waals surface area contributed by atoms with Crippen LogP contribution in [0.1, 0.15) is 24.2 Å². The van der Waals surface area contributed by atoms with Crippen molar-refractivity contribution in [3.8, 4) is 5.75 Å². The Hall–Kier alpha value is -1.64. The fourth-order valence-corrected chi connectivity index (χ4v) is 1.85. The highest BCUT2D eigenvalue weighted by Crippen LogP contribution is 2.28. The van der Waals surface area contributed by atoms with Gasteiger partial charge in [0.25, 0.3) is 0 Å². The van der Waals surface area contributed by atoms with Gasteiger partial charge in [-0.05, 0) is 12.1 Å². The Kier molecular flexibility index (Phi) is 2.77. The number of hydrogen-bond acceptors (Lipinski definition) is 3. The Morgan fingerprint density at radius 3 is 2.75 bits per heavy atom. The first-order valence-electron chi connectivity index (χ1n) is 5.41. The van der Waals surface area contributed by atoms with E-state index in [-0.39, 0.29) is 24.1 Å². The van der Waals surface area contributed by atoms with Crippen LogP contribution in [0.4, 0.5) is 0 Å². The number of ether oxygens (including phenoxy) is 1. The van der Waals surface area contributed by atoms with Crippen LogP contribution in [0, 0.1) is 11.8 Å². The van der Waals surface area contributed by atoms with E-state index in [0.717, 1.165) is 0 Å². The summed E-state index contributed by atoms with van der Waals surface area (Å²) >= 11 is 0. The Morgan fingerprint density at radius 2 is 2.06 bits per heavy atom. The molecule has 0 fully saturated rings. The summed E-state index contributed by atoms with van der Waals surface area (Å²) in [6.45, 7) is 3.78. The highest BCUT2D eigenvalue weighted by atomic mass is 16.5. The van der Waals surface area contributed by atoms with Crippen molar-refractivity contribution in [1.29, 1.82) is 0 Å². The molecule has 0 N–H and O–H groups in total. The van der Waals surface area contributed by atoms with E-state index in [1.165, 1.54) is 0 Å². The van der Waals surface area contributed by atoms with E-state index in [1.807, 2.05) is 6.07 Å². The van der Waals surface area contributed by atoms with Crippen LogP contribution in [-0.2, 0) is 4.79 Å². The van der Waals surface area contributed by atoms with Crippen molar-refractivity contribution in [2.24, 2.45) is 11.8 Å². The maximum Gasteiger partial charge on any atom is 0.180 e. The molecule has 1 aliphatic heterocycles. The standard InChI is InChI=1S/C13H14O3/c1-8(2)12(14)10-7-16-11-6-4-3-5-9(11)13(10)15/h3-6,8,10H,7H2,1-2H3. The zero-order valence-corrected chi connectivity index (χ0v) is 9.40. The molecular formula is C13H14O3. The summed E-state index contributed by atoms with van der Waals surface area (Å²) in [7, 11) is 0. The number of ketones is 2. The van der Waals surface area contributed by atoms with Crippen molar-refractivity contribution in [3.63, 3.8) is 0 Å². The molecule has 1 heterocycles. The van der Waals surface area contributed by atoms with E-state index in [1.54, 1.807) is 32.0 Å². The fraction of sp³-hybridized carbons (Fsp3) is 0.385. The first kappa shape index (κ1) is 10.9. The van der Waals surface area contributed by atoms with Crippen LogP contribution in [0.15, 0.2) is 24.3 Å². The van der Waals surface area contributed by atoms with Gasteiger partial charge in [-0.25, -0.2) is 0 Å². The van der Waals surface area contributed by atoms with Crippen LogP contribution < -0.4 is 4.74 Å². The number of hydrogen-bond donors (Lipinski definition) is 0. The van der Waals surface area contributed by atoms with E-state index < -0.39 is 5.92 Å². The van der Waals surface area contributed by atoms with Gasteiger partial charge in [-0.1, -0.05) is 26.0 Å². The molecule has 0 saturated carbocycles. The lowest BCUT2D eigenvalue weighted by Gasteiger charge is -2.24. The minimum absolute atomic E-state index is 0.0421. The lowest BCUT2D eigenvalue weighted by Crippen LogP contribution is -2.36. The highest BCUT2D eigenvalue weighted by molar-refractivity contribution is 6.13. The normalized spacial score (nSPS) is 19.2. The smallest absolute Gasteiger partial charge is 0.180 e. The van der Waals surface area contributed by atoms with Crippen LogP contribution in [0.5, 0.6) is 5.75 Å². The Morgan fingerprint density at radius 1 is 1.38 bits per heavy atom. The predicted molar refractivity (Wildman–Crippen MR) is 59.6 cm³/mol. The Labute approximate surface area is 94.4 Å². The van der Waals surface area contributed by atoms with E-state index >= 15 is 0 Å². The molecule has 0 amide bonds. The van der Waals surface area contributed by atoms with E-state index in [9.17, 15) is 9.59 Å². The van der Waals surface area contributed by atoms with Crippen LogP contribution in [0.3, 0.4) is 0 Å². The molecule has 0 spiro atoms. The summed E-state index contributed by atoms with van der Waals surface area (Å²) in [5, 5.41) is 0. The molecule has 0 aliphatic carbocycles. The third-order valence-electron chi connectivity index (χ3n) is 2.79. The molecular weight excluding hydrogens is 204 g/mol. The molecule has 0 bridgehead atoms. The van der Waals surface area contributed by atoms with Gasteiger partial charge in [-0.3, -0.25) is 9.59 Å². The first-order chi connectivity index (χ1) is 7.61. The summed E-state index contributed by atoms with van der Waals surface area (Å²) in [5.41, 5.74) is 0.521. The number of benzene rings is 1. The summed E-state index contributed by atoms with van der Waals surface area (Å²) in [4.78, 5) is 23.9. The summed E-state index contributed by atoms with van der Waals surface area (Å²) < 4.78 is 5.44. The van der Waals surface area contributed by atoms with Crippen molar-refractivity contribution in [1.82, 2.24) is 0 Å². The van der Waals surface area contributed by atoms with Crippen molar-refractivity contribution in [2.75, 3.05) is 6.61 Å². The fourth-order valence-electron chi connectivity index (χ4n) is 1.85. The highest BCUT2D eigenvalue weighted by Gasteiger charge is 2.34.